The number of halogens is 6. The fourth-order valence-corrected chi connectivity index (χ4v) is 5.44. The number of hydrogen-bond acceptors (Lipinski definition) is 2. The Morgan fingerprint density at radius 1 is 0.946 bits per heavy atom. The van der Waals surface area contributed by atoms with Gasteiger partial charge in [0.1, 0.15) is 5.69 Å². The lowest BCUT2D eigenvalue weighted by Gasteiger charge is -2.23. The summed E-state index contributed by atoms with van der Waals surface area (Å²) in [5.74, 6) is -0.608. The number of carbonyl (C=O) groups excluding carboxylic acids is 1. The molecular weight excluding hydrogens is 498 g/mol. The normalized spacial score (nSPS) is 17.1. The average molecular weight is 518 g/mol. The number of benzene rings is 2. The second-order valence-corrected chi connectivity index (χ2v) is 10.0. The minimum atomic E-state index is -5.03. The number of aryl methyl sites for hydroxylation is 2. The van der Waals surface area contributed by atoms with Crippen molar-refractivity contribution in [3.63, 3.8) is 0 Å². The van der Waals surface area contributed by atoms with Crippen molar-refractivity contribution in [1.29, 1.82) is 0 Å². The number of fused-ring (bicyclic) bond motifs is 6. The maximum Gasteiger partial charge on any atom is 0.416 e. The van der Waals surface area contributed by atoms with Crippen molar-refractivity contribution >= 4 is 28.2 Å². The number of aromatic amines is 2. The summed E-state index contributed by atoms with van der Waals surface area (Å²) < 4.78 is 81.4. The van der Waals surface area contributed by atoms with Crippen LogP contribution in [0.25, 0.3) is 22.3 Å². The fourth-order valence-electron chi connectivity index (χ4n) is 5.44. The van der Waals surface area contributed by atoms with Gasteiger partial charge in [-0.15, -0.1) is 0 Å². The van der Waals surface area contributed by atoms with Gasteiger partial charge in [0.05, 0.1) is 33.6 Å². The number of nitrogens with one attached hydrogen (secondary N) is 2. The van der Waals surface area contributed by atoms with Gasteiger partial charge in [-0.2, -0.15) is 31.4 Å². The lowest BCUT2D eigenvalue weighted by atomic mass is 9.85. The van der Waals surface area contributed by atoms with Gasteiger partial charge in [-0.3, -0.25) is 14.8 Å². The van der Waals surface area contributed by atoms with Crippen molar-refractivity contribution in [2.75, 3.05) is 4.90 Å². The molecule has 1 aliphatic heterocycles. The summed E-state index contributed by atoms with van der Waals surface area (Å²) >= 11 is 0. The number of alkyl halides is 6. The van der Waals surface area contributed by atoms with Crippen LogP contribution in [0, 0.1) is 0 Å². The lowest BCUT2D eigenvalue weighted by Crippen LogP contribution is -2.33. The van der Waals surface area contributed by atoms with E-state index in [0.29, 0.717) is 24.1 Å². The highest BCUT2D eigenvalue weighted by molar-refractivity contribution is 6.14. The van der Waals surface area contributed by atoms with E-state index in [1.54, 1.807) is 26.0 Å². The van der Waals surface area contributed by atoms with Crippen molar-refractivity contribution in [3.05, 3.63) is 64.3 Å². The molecule has 0 spiro atoms. The second-order valence-electron chi connectivity index (χ2n) is 10.0. The molecule has 2 aromatic heterocycles. The number of nitrogens with zero attached hydrogens (tertiary/aromatic N) is 2. The Bertz CT molecular complexity index is 1560. The van der Waals surface area contributed by atoms with Crippen molar-refractivity contribution in [3.8, 4) is 11.4 Å². The third-order valence-corrected chi connectivity index (χ3v) is 7.33. The van der Waals surface area contributed by atoms with E-state index in [2.05, 4.69) is 15.2 Å². The van der Waals surface area contributed by atoms with Crippen LogP contribution in [0.1, 0.15) is 48.1 Å². The molecule has 0 radical (unpaired) electrons. The van der Waals surface area contributed by atoms with Crippen molar-refractivity contribution in [2.24, 2.45) is 0 Å². The number of hydrogen-bond donors (Lipinski definition) is 2. The maximum atomic E-state index is 13.6. The van der Waals surface area contributed by atoms with Crippen molar-refractivity contribution in [1.82, 2.24) is 15.2 Å². The highest BCUT2D eigenvalue weighted by atomic mass is 19.4. The van der Waals surface area contributed by atoms with E-state index >= 15 is 0 Å². The van der Waals surface area contributed by atoms with Crippen LogP contribution in [0.15, 0.2) is 36.5 Å². The number of rotatable bonds is 1. The van der Waals surface area contributed by atoms with Gasteiger partial charge in [0.2, 0.25) is 5.91 Å². The molecule has 0 atom stereocenters. The molecule has 4 aromatic rings. The van der Waals surface area contributed by atoms with Crippen LogP contribution >= 0.6 is 0 Å². The van der Waals surface area contributed by atoms with Crippen LogP contribution < -0.4 is 4.90 Å². The van der Waals surface area contributed by atoms with Crippen LogP contribution in [0.2, 0.25) is 0 Å². The van der Waals surface area contributed by atoms with Gasteiger partial charge in [0, 0.05) is 17.1 Å². The molecule has 0 unspecified atom stereocenters. The molecule has 0 saturated heterocycles. The number of amides is 1. The highest BCUT2D eigenvalue weighted by Gasteiger charge is 2.46. The molecule has 0 saturated carbocycles. The topological polar surface area (TPSA) is 64.8 Å². The number of anilines is 2. The minimum Gasteiger partial charge on any atom is -0.353 e. The Kier molecular flexibility index (Phi) is 4.72. The standard InChI is InChI=1S/C26H20F6N4O/c1-24(2)18-10-19-17(16-5-3-4-12-11-33-35-21(12)22(16)34-19)9-20(18)36(23(24)37)15-7-13(25(27,28)29)6-14(8-15)26(30,31)32/h6-11,34H,3-5H2,1-2H3,(H,33,35). The Hall–Kier alpha value is -3.76. The van der Waals surface area contributed by atoms with Gasteiger partial charge in [-0.25, -0.2) is 0 Å². The third-order valence-electron chi connectivity index (χ3n) is 7.33. The Morgan fingerprint density at radius 2 is 1.62 bits per heavy atom. The maximum absolute atomic E-state index is 13.6. The molecular formula is C26H20F6N4O. The SMILES string of the molecule is CC1(C)C(=O)N(c2cc(C(F)(F)F)cc(C(F)(F)F)c2)c2cc3c4c([nH]c3cc21)-c1n[nH]cc1CCC4. The molecule has 11 heteroatoms. The zero-order valence-corrected chi connectivity index (χ0v) is 19.7. The number of aromatic nitrogens is 3. The molecule has 6 rings (SSSR count). The van der Waals surface area contributed by atoms with E-state index in [9.17, 15) is 31.1 Å². The van der Waals surface area contributed by atoms with Gasteiger partial charge in [0.15, 0.2) is 0 Å². The largest absolute Gasteiger partial charge is 0.416 e. The molecule has 2 aromatic carbocycles. The van der Waals surface area contributed by atoms with Crippen LogP contribution in [-0.4, -0.2) is 21.1 Å². The Labute approximate surface area is 206 Å². The highest BCUT2D eigenvalue weighted by Crippen LogP contribution is 2.50. The summed E-state index contributed by atoms with van der Waals surface area (Å²) in [5, 5.41) is 7.99. The molecule has 1 amide bonds. The second kappa shape index (κ2) is 7.39. The quantitative estimate of drug-likeness (QED) is 0.266. The Morgan fingerprint density at radius 3 is 2.27 bits per heavy atom. The van der Waals surface area contributed by atoms with E-state index in [1.165, 1.54) is 0 Å². The minimum absolute atomic E-state index is 0.0623. The summed E-state index contributed by atoms with van der Waals surface area (Å²) in [6.07, 6.45) is -5.88. The average Bonchev–Trinajstić information content (AvgIpc) is 3.42. The van der Waals surface area contributed by atoms with E-state index in [-0.39, 0.29) is 11.8 Å². The van der Waals surface area contributed by atoms with Gasteiger partial charge >= 0.3 is 12.4 Å². The van der Waals surface area contributed by atoms with Crippen LogP contribution in [0.3, 0.4) is 0 Å². The van der Waals surface area contributed by atoms with E-state index in [4.69, 9.17) is 0 Å². The summed E-state index contributed by atoms with van der Waals surface area (Å²) in [4.78, 5) is 17.9. The number of carbonyl (C=O) groups is 1. The molecule has 192 valence electrons. The molecule has 2 N–H and O–H groups in total. The first-order valence-electron chi connectivity index (χ1n) is 11.6. The molecule has 1 aliphatic carbocycles. The van der Waals surface area contributed by atoms with Crippen molar-refractivity contribution < 1.29 is 31.1 Å². The van der Waals surface area contributed by atoms with Gasteiger partial charge in [-0.1, -0.05) is 0 Å². The summed E-state index contributed by atoms with van der Waals surface area (Å²) in [6.45, 7) is 3.22. The van der Waals surface area contributed by atoms with Gasteiger partial charge in [0.25, 0.3) is 0 Å². The summed E-state index contributed by atoms with van der Waals surface area (Å²) in [6, 6.07) is 4.71. The van der Waals surface area contributed by atoms with Crippen LogP contribution in [0.4, 0.5) is 37.7 Å². The van der Waals surface area contributed by atoms with Gasteiger partial charge in [-0.05, 0) is 80.1 Å². The summed E-state index contributed by atoms with van der Waals surface area (Å²) in [5.41, 5.74) is 0.494. The predicted octanol–water partition coefficient (Wildman–Crippen LogP) is 7.04. The van der Waals surface area contributed by atoms with Gasteiger partial charge < -0.3 is 4.98 Å². The monoisotopic (exact) mass is 518 g/mol. The lowest BCUT2D eigenvalue weighted by molar-refractivity contribution is -0.143. The molecule has 37 heavy (non-hydrogen) atoms. The third kappa shape index (κ3) is 3.47. The predicted molar refractivity (Wildman–Crippen MR) is 125 cm³/mol. The first-order valence-corrected chi connectivity index (χ1v) is 11.6. The molecule has 3 heterocycles. The first-order chi connectivity index (χ1) is 17.3. The summed E-state index contributed by atoms with van der Waals surface area (Å²) in [7, 11) is 0. The van der Waals surface area contributed by atoms with E-state index in [0.717, 1.165) is 51.2 Å². The first kappa shape index (κ1) is 23.6. The Balaban J connectivity index is 1.60. The smallest absolute Gasteiger partial charge is 0.353 e. The van der Waals surface area contributed by atoms with E-state index < -0.39 is 40.5 Å². The van der Waals surface area contributed by atoms with E-state index in [1.807, 2.05) is 6.20 Å². The molecule has 0 bridgehead atoms. The molecule has 5 nitrogen and oxygen atoms in total. The fraction of sp³-hybridized carbons (Fsp3) is 0.308. The van der Waals surface area contributed by atoms with Crippen molar-refractivity contribution in [2.45, 2.75) is 50.9 Å². The zero-order chi connectivity index (χ0) is 26.5. The van der Waals surface area contributed by atoms with Crippen LogP contribution in [-0.2, 0) is 35.4 Å². The number of H-pyrrole nitrogens is 2. The van der Waals surface area contributed by atoms with Crippen LogP contribution in [0.5, 0.6) is 0 Å². The molecule has 0 fully saturated rings. The zero-order valence-electron chi connectivity index (χ0n) is 19.7. The molecule has 2 aliphatic rings.